The minimum Gasteiger partial charge on any atom is -0.388 e. The maximum atomic E-state index is 7.29. The fourth-order valence-corrected chi connectivity index (χ4v) is 4.50. The summed E-state index contributed by atoms with van der Waals surface area (Å²) < 4.78 is 0. The van der Waals surface area contributed by atoms with Crippen molar-refractivity contribution >= 4 is 23.1 Å². The number of nitrogens with two attached hydrogens (primary N) is 2. The van der Waals surface area contributed by atoms with E-state index in [2.05, 4.69) is 66.0 Å². The van der Waals surface area contributed by atoms with Gasteiger partial charge in [-0.3, -0.25) is 10.8 Å². The summed E-state index contributed by atoms with van der Waals surface area (Å²) in [7, 11) is 0. The lowest BCUT2D eigenvalue weighted by Gasteiger charge is -2.05. The van der Waals surface area contributed by atoms with E-state index in [-0.39, 0.29) is 11.8 Å². The molecule has 0 aliphatic rings. The molecule has 162 valence electrons. The van der Waals surface area contributed by atoms with E-state index in [1.165, 1.54) is 32.0 Å². The van der Waals surface area contributed by atoms with E-state index in [4.69, 9.17) is 22.3 Å². The van der Waals surface area contributed by atoms with Crippen LogP contribution in [0.5, 0.6) is 0 Å². The molecule has 2 aromatic carbocycles. The number of rotatable bonds is 11. The molecule has 7 N–H and O–H groups in total. The molecule has 6 heteroatoms. The number of guanidine groups is 1. The van der Waals surface area contributed by atoms with Gasteiger partial charge in [0.25, 0.3) is 0 Å². The fraction of sp³-hybridized carbons (Fsp3) is 0.280. The third-order valence-electron chi connectivity index (χ3n) is 5.20. The molecule has 0 fully saturated rings. The van der Waals surface area contributed by atoms with Crippen molar-refractivity contribution in [2.75, 3.05) is 6.54 Å². The summed E-state index contributed by atoms with van der Waals surface area (Å²) in [5, 5.41) is 17.3. The first kappa shape index (κ1) is 22.6. The summed E-state index contributed by atoms with van der Waals surface area (Å²) in [6.45, 7) is 0.725. The number of hydrogen-bond acceptors (Lipinski definition) is 3. The van der Waals surface area contributed by atoms with Crippen LogP contribution in [0.25, 0.3) is 20.9 Å². The zero-order chi connectivity index (χ0) is 22.1. The molecule has 0 radical (unpaired) electrons. The van der Waals surface area contributed by atoms with Crippen LogP contribution in [0.1, 0.15) is 36.8 Å². The van der Waals surface area contributed by atoms with Gasteiger partial charge in [0, 0.05) is 22.7 Å². The van der Waals surface area contributed by atoms with Crippen molar-refractivity contribution in [2.24, 2.45) is 11.5 Å². The number of benzene rings is 2. The second-order valence-corrected chi connectivity index (χ2v) is 8.82. The van der Waals surface area contributed by atoms with Crippen LogP contribution in [0.3, 0.4) is 0 Å². The number of nitrogens with one attached hydrogen (secondary N) is 3. The second-order valence-electron chi connectivity index (χ2n) is 7.73. The van der Waals surface area contributed by atoms with Gasteiger partial charge in [0.2, 0.25) is 0 Å². The molecule has 3 aromatic rings. The minimum absolute atomic E-state index is 0.0307. The van der Waals surface area contributed by atoms with Crippen LogP contribution < -0.4 is 16.8 Å². The zero-order valence-electron chi connectivity index (χ0n) is 17.8. The lowest BCUT2D eigenvalue weighted by Crippen LogP contribution is -2.31. The second kappa shape index (κ2) is 11.3. The Kier molecular flexibility index (Phi) is 8.24. The van der Waals surface area contributed by atoms with E-state index in [1.54, 1.807) is 0 Å². The quantitative estimate of drug-likeness (QED) is 0.164. The van der Waals surface area contributed by atoms with Gasteiger partial charge in [-0.1, -0.05) is 48.5 Å². The Bertz CT molecular complexity index is 910. The van der Waals surface area contributed by atoms with Crippen molar-refractivity contribution in [3.8, 4) is 20.9 Å². The molecule has 0 amide bonds. The molecule has 3 rings (SSSR count). The standard InChI is InChI=1S/C25H31N5S/c26-24(27)6-2-1-4-18-7-11-20(12-8-18)22-15-16-23(31-22)21-13-9-19(10-14-21)5-3-17-30-25(28)29/h7-16H,1-6,17H2,(H3,26,27)(H4,28,29,30). The molecule has 0 saturated carbocycles. The molecule has 0 aliphatic heterocycles. The lowest BCUT2D eigenvalue weighted by atomic mass is 10.0. The normalized spacial score (nSPS) is 10.7. The van der Waals surface area contributed by atoms with E-state index in [9.17, 15) is 0 Å². The van der Waals surface area contributed by atoms with Crippen molar-refractivity contribution in [1.29, 1.82) is 10.8 Å². The molecule has 0 spiro atoms. The van der Waals surface area contributed by atoms with Gasteiger partial charge < -0.3 is 16.8 Å². The SMILES string of the molecule is N=C(N)CCCCc1ccc(-c2ccc(-c3ccc(CCCNC(=N)N)cc3)s2)cc1. The van der Waals surface area contributed by atoms with Crippen LogP contribution in [0, 0.1) is 10.8 Å². The number of aryl methyl sites for hydroxylation is 2. The molecule has 0 unspecified atom stereocenters. The number of thiophene rings is 1. The smallest absolute Gasteiger partial charge is 0.185 e. The zero-order valence-corrected chi connectivity index (χ0v) is 18.6. The van der Waals surface area contributed by atoms with E-state index in [0.29, 0.717) is 6.42 Å². The number of hydrogen-bond donors (Lipinski definition) is 5. The monoisotopic (exact) mass is 433 g/mol. The van der Waals surface area contributed by atoms with Gasteiger partial charge in [-0.2, -0.15) is 0 Å². The molecule has 0 aliphatic carbocycles. The van der Waals surface area contributed by atoms with Gasteiger partial charge in [-0.05, 0) is 66.5 Å². The third kappa shape index (κ3) is 7.26. The first-order valence-corrected chi connectivity index (χ1v) is 11.5. The van der Waals surface area contributed by atoms with Crippen molar-refractivity contribution in [2.45, 2.75) is 38.5 Å². The van der Waals surface area contributed by atoms with E-state index in [1.807, 2.05) is 11.3 Å². The van der Waals surface area contributed by atoms with Gasteiger partial charge in [-0.15, -0.1) is 11.3 Å². The predicted molar refractivity (Wildman–Crippen MR) is 133 cm³/mol. The Labute approximate surface area is 188 Å². The van der Waals surface area contributed by atoms with E-state index < -0.39 is 0 Å². The van der Waals surface area contributed by atoms with Gasteiger partial charge in [0.15, 0.2) is 5.96 Å². The van der Waals surface area contributed by atoms with Crippen LogP contribution in [-0.4, -0.2) is 18.3 Å². The summed E-state index contributed by atoms with van der Waals surface area (Å²) in [5.41, 5.74) is 15.8. The largest absolute Gasteiger partial charge is 0.388 e. The van der Waals surface area contributed by atoms with Crippen molar-refractivity contribution in [1.82, 2.24) is 5.32 Å². The molecular formula is C25H31N5S. The summed E-state index contributed by atoms with van der Waals surface area (Å²) in [4.78, 5) is 2.55. The first-order chi connectivity index (χ1) is 15.0. The highest BCUT2D eigenvalue weighted by molar-refractivity contribution is 7.18. The first-order valence-electron chi connectivity index (χ1n) is 10.7. The Hall–Kier alpha value is -3.12. The highest BCUT2D eigenvalue weighted by atomic mass is 32.1. The maximum Gasteiger partial charge on any atom is 0.185 e. The highest BCUT2D eigenvalue weighted by Crippen LogP contribution is 2.34. The Balaban J connectivity index is 1.54. The van der Waals surface area contributed by atoms with Crippen molar-refractivity contribution in [3.05, 3.63) is 71.8 Å². The summed E-state index contributed by atoms with van der Waals surface area (Å²) >= 11 is 1.82. The maximum absolute atomic E-state index is 7.29. The van der Waals surface area contributed by atoms with Crippen LogP contribution >= 0.6 is 11.3 Å². The molecule has 5 nitrogen and oxygen atoms in total. The number of amidine groups is 1. The molecular weight excluding hydrogens is 402 g/mol. The van der Waals surface area contributed by atoms with Gasteiger partial charge in [-0.25, -0.2) is 0 Å². The summed E-state index contributed by atoms with van der Waals surface area (Å²) in [5.74, 6) is 0.309. The molecule has 0 atom stereocenters. The fourth-order valence-electron chi connectivity index (χ4n) is 3.48. The van der Waals surface area contributed by atoms with Crippen molar-refractivity contribution in [3.63, 3.8) is 0 Å². The highest BCUT2D eigenvalue weighted by Gasteiger charge is 2.06. The van der Waals surface area contributed by atoms with Crippen LogP contribution in [0.15, 0.2) is 60.7 Å². The van der Waals surface area contributed by atoms with Crippen LogP contribution in [0.2, 0.25) is 0 Å². The average Bonchev–Trinajstić information content (AvgIpc) is 3.25. The molecule has 0 saturated heterocycles. The van der Waals surface area contributed by atoms with Crippen LogP contribution in [-0.2, 0) is 12.8 Å². The predicted octanol–water partition coefficient (Wildman–Crippen LogP) is 5.15. The summed E-state index contributed by atoms with van der Waals surface area (Å²) in [6.07, 6.45) is 5.67. The lowest BCUT2D eigenvalue weighted by molar-refractivity contribution is 0.758. The molecule has 1 heterocycles. The molecule has 0 bridgehead atoms. The van der Waals surface area contributed by atoms with E-state index in [0.717, 1.165) is 38.6 Å². The third-order valence-corrected chi connectivity index (χ3v) is 6.39. The molecule has 1 aromatic heterocycles. The van der Waals surface area contributed by atoms with Crippen molar-refractivity contribution < 1.29 is 0 Å². The topological polar surface area (TPSA) is 112 Å². The van der Waals surface area contributed by atoms with Crippen LogP contribution in [0.4, 0.5) is 0 Å². The Morgan fingerprint density at radius 2 is 1.23 bits per heavy atom. The average molecular weight is 434 g/mol. The Morgan fingerprint density at radius 3 is 1.71 bits per heavy atom. The Morgan fingerprint density at radius 1 is 0.710 bits per heavy atom. The number of unbranched alkanes of at least 4 members (excludes halogenated alkanes) is 1. The van der Waals surface area contributed by atoms with Gasteiger partial charge >= 0.3 is 0 Å². The minimum atomic E-state index is 0.0307. The molecule has 31 heavy (non-hydrogen) atoms. The van der Waals surface area contributed by atoms with E-state index >= 15 is 0 Å². The van der Waals surface area contributed by atoms with Gasteiger partial charge in [0.1, 0.15) is 0 Å². The summed E-state index contributed by atoms with van der Waals surface area (Å²) in [6, 6.07) is 22.0. The van der Waals surface area contributed by atoms with Gasteiger partial charge in [0.05, 0.1) is 5.84 Å².